The minimum atomic E-state index is -0.324. The first kappa shape index (κ1) is 35.8. The number of nitrogens with one attached hydrogen (secondary N) is 1. The summed E-state index contributed by atoms with van der Waals surface area (Å²) in [5.41, 5.74) is 22.5. The summed E-state index contributed by atoms with van der Waals surface area (Å²) in [6.07, 6.45) is 5.85. The molecule has 6 aromatic heterocycles. The van der Waals surface area contributed by atoms with E-state index < -0.39 is 0 Å². The van der Waals surface area contributed by atoms with E-state index in [1.165, 1.54) is 37.1 Å². The van der Waals surface area contributed by atoms with Crippen molar-refractivity contribution in [2.24, 2.45) is 0 Å². The van der Waals surface area contributed by atoms with Crippen LogP contribution in [0.1, 0.15) is 11.1 Å². The highest BCUT2D eigenvalue weighted by Gasteiger charge is 2.19. The number of aromatic nitrogens is 10. The van der Waals surface area contributed by atoms with Crippen molar-refractivity contribution in [3.8, 4) is 45.8 Å². The molecule has 6 heterocycles. The van der Waals surface area contributed by atoms with Crippen LogP contribution in [0.5, 0.6) is 0 Å². The molecule has 8 rings (SSSR count). The van der Waals surface area contributed by atoms with Gasteiger partial charge in [0.05, 0.1) is 54.9 Å². The maximum atomic E-state index is 14.1. The Bertz CT molecular complexity index is 2520. The summed E-state index contributed by atoms with van der Waals surface area (Å²) in [6.45, 7) is 0.697. The predicted molar refractivity (Wildman–Crippen MR) is 197 cm³/mol. The Labute approximate surface area is 310 Å². The Hall–Kier alpha value is -7.54. The summed E-state index contributed by atoms with van der Waals surface area (Å²) < 4.78 is 41.3. The Morgan fingerprint density at radius 2 is 1.16 bits per heavy atom. The number of rotatable bonds is 11. The zero-order chi connectivity index (χ0) is 38.3. The van der Waals surface area contributed by atoms with Crippen LogP contribution in [-0.4, -0.2) is 68.1 Å². The minimum Gasteiger partial charge on any atom is -0.395 e. The highest BCUT2D eigenvalue weighted by Crippen LogP contribution is 2.28. The third kappa shape index (κ3) is 8.10. The average Bonchev–Trinajstić information content (AvgIpc) is 4.03. The summed E-state index contributed by atoms with van der Waals surface area (Å²) >= 11 is 0. The van der Waals surface area contributed by atoms with Gasteiger partial charge >= 0.3 is 0 Å². The van der Waals surface area contributed by atoms with Gasteiger partial charge in [0.25, 0.3) is 0 Å². The molecule has 0 saturated heterocycles. The molecule has 8 N–H and O–H groups in total. The second-order valence-electron chi connectivity index (χ2n) is 11.8. The predicted octanol–water partition coefficient (Wildman–Crippen LogP) is 4.52. The maximum Gasteiger partial charge on any atom is 0.182 e. The van der Waals surface area contributed by atoms with E-state index in [0.717, 1.165) is 0 Å². The van der Waals surface area contributed by atoms with Gasteiger partial charge in [0.2, 0.25) is 0 Å². The number of hydrogen-bond donors (Lipinski definition) is 5. The van der Waals surface area contributed by atoms with Crippen LogP contribution >= 0.6 is 0 Å². The fourth-order valence-electron chi connectivity index (χ4n) is 5.34. The maximum absolute atomic E-state index is 14.1. The van der Waals surface area contributed by atoms with Crippen LogP contribution in [0.15, 0.2) is 107 Å². The molecule has 0 aliphatic heterocycles. The molecular weight excluding hydrogens is 714 g/mol. The van der Waals surface area contributed by atoms with E-state index in [1.807, 2.05) is 0 Å². The largest absolute Gasteiger partial charge is 0.395 e. The van der Waals surface area contributed by atoms with Crippen LogP contribution < -0.4 is 22.5 Å². The molecule has 278 valence electrons. The highest BCUT2D eigenvalue weighted by molar-refractivity contribution is 5.68. The molecule has 0 atom stereocenters. The molecule has 0 bridgehead atoms. The van der Waals surface area contributed by atoms with Crippen LogP contribution in [-0.2, 0) is 13.1 Å². The Morgan fingerprint density at radius 1 is 0.655 bits per heavy atom. The number of nitrogen functional groups attached to an aromatic ring is 3. The van der Waals surface area contributed by atoms with Crippen molar-refractivity contribution in [3.05, 3.63) is 120 Å². The van der Waals surface area contributed by atoms with Crippen LogP contribution in [0.4, 0.5) is 31.8 Å². The molecule has 0 aliphatic rings. The molecule has 55 heavy (non-hydrogen) atoms. The second-order valence-corrected chi connectivity index (χ2v) is 11.8. The number of halogens is 2. The van der Waals surface area contributed by atoms with Crippen molar-refractivity contribution < 1.29 is 22.9 Å². The van der Waals surface area contributed by atoms with Crippen molar-refractivity contribution >= 4 is 23.0 Å². The topological polar surface area (TPSA) is 250 Å². The Balaban J connectivity index is 0.000000170. The summed E-state index contributed by atoms with van der Waals surface area (Å²) in [4.78, 5) is 16.9. The molecule has 0 unspecified atom stereocenters. The first-order valence-electron chi connectivity index (χ1n) is 16.6. The molecule has 17 nitrogen and oxygen atoms in total. The molecule has 0 saturated carbocycles. The monoisotopic (exact) mass is 746 g/mol. The van der Waals surface area contributed by atoms with E-state index in [-0.39, 0.29) is 48.7 Å². The van der Waals surface area contributed by atoms with E-state index in [0.29, 0.717) is 69.2 Å². The van der Waals surface area contributed by atoms with Gasteiger partial charge in [-0.05, 0) is 24.3 Å². The highest BCUT2D eigenvalue weighted by atomic mass is 19.1. The quantitative estimate of drug-likeness (QED) is 0.122. The number of nitrogens with two attached hydrogens (primary N) is 3. The lowest BCUT2D eigenvalue weighted by Gasteiger charge is -2.07. The Morgan fingerprint density at radius 3 is 1.62 bits per heavy atom. The normalized spacial score (nSPS) is 11.0. The standard InChI is InChI=1S/C19H18FN7O2.C17H14FN7O/c20-13-4-2-1-3-12(13)11-27-17(14-5-8-29-26-14)9-15(25-27)19-23-10-16(18(21)24-19)22-6-7-28;18-11-4-2-1-3-10(11)9-25-15(13-5-6-26-24-13)7-14(23-25)17-21-8-12(19)16(20)22-17/h1-5,8-10,22,28H,6-7,11H2,(H2,21,23,24);1-8H,9,19H2,(H2,20,21,22). The lowest BCUT2D eigenvalue weighted by atomic mass is 10.2. The lowest BCUT2D eigenvalue weighted by Crippen LogP contribution is -2.09. The van der Waals surface area contributed by atoms with Gasteiger partial charge in [-0.1, -0.05) is 46.7 Å². The summed E-state index contributed by atoms with van der Waals surface area (Å²) in [5, 5.41) is 28.8. The average molecular weight is 747 g/mol. The van der Waals surface area contributed by atoms with Crippen LogP contribution in [0.2, 0.25) is 0 Å². The van der Waals surface area contributed by atoms with E-state index in [2.05, 4.69) is 45.8 Å². The van der Waals surface area contributed by atoms with Gasteiger partial charge in [-0.15, -0.1) is 0 Å². The van der Waals surface area contributed by atoms with Crippen LogP contribution in [0, 0.1) is 11.6 Å². The van der Waals surface area contributed by atoms with E-state index in [4.69, 9.17) is 31.4 Å². The fourth-order valence-corrected chi connectivity index (χ4v) is 5.34. The number of benzene rings is 2. The van der Waals surface area contributed by atoms with Crippen LogP contribution in [0.3, 0.4) is 0 Å². The fraction of sp³-hybridized carbons (Fsp3) is 0.111. The molecule has 0 radical (unpaired) electrons. The van der Waals surface area contributed by atoms with Gasteiger partial charge in [0.15, 0.2) is 23.3 Å². The number of nitrogens with zero attached hydrogens (tertiary/aromatic N) is 10. The molecule has 0 amide bonds. The number of hydrogen-bond acceptors (Lipinski definition) is 15. The molecule has 0 spiro atoms. The number of aliphatic hydroxyl groups is 1. The zero-order valence-electron chi connectivity index (χ0n) is 28.8. The molecule has 0 aliphatic carbocycles. The molecule has 19 heteroatoms. The second kappa shape index (κ2) is 16.0. The first-order valence-corrected chi connectivity index (χ1v) is 16.6. The van der Waals surface area contributed by atoms with Crippen molar-refractivity contribution in [2.75, 3.05) is 35.7 Å². The van der Waals surface area contributed by atoms with Crippen molar-refractivity contribution in [1.29, 1.82) is 0 Å². The van der Waals surface area contributed by atoms with Gasteiger partial charge in [-0.3, -0.25) is 9.36 Å². The van der Waals surface area contributed by atoms with E-state index in [9.17, 15) is 8.78 Å². The lowest BCUT2D eigenvalue weighted by molar-refractivity contribution is 0.311. The minimum absolute atomic E-state index is 0.0390. The third-order valence-electron chi connectivity index (χ3n) is 8.07. The Kier molecular flexibility index (Phi) is 10.4. The molecular formula is C36H32F2N14O3. The summed E-state index contributed by atoms with van der Waals surface area (Å²) in [5.74, 6) is 0.388. The molecule has 0 fully saturated rings. The molecule has 2 aromatic carbocycles. The zero-order valence-corrected chi connectivity index (χ0v) is 28.8. The SMILES string of the molecule is Nc1cnc(-c2cc(-c3ccon3)n(Cc3ccccc3F)n2)nc1N.Nc1nc(-c2cc(-c3ccon3)n(Cc3ccccc3F)n2)ncc1NCCO. The number of aliphatic hydroxyl groups excluding tert-OH is 1. The third-order valence-corrected chi connectivity index (χ3v) is 8.07. The van der Waals surface area contributed by atoms with Crippen molar-refractivity contribution in [2.45, 2.75) is 13.1 Å². The van der Waals surface area contributed by atoms with Gasteiger partial charge in [-0.2, -0.15) is 10.2 Å². The van der Waals surface area contributed by atoms with Crippen molar-refractivity contribution in [3.63, 3.8) is 0 Å². The van der Waals surface area contributed by atoms with Gasteiger partial charge < -0.3 is 36.7 Å². The van der Waals surface area contributed by atoms with Gasteiger partial charge in [0.1, 0.15) is 46.9 Å². The van der Waals surface area contributed by atoms with Gasteiger partial charge in [0, 0.05) is 29.8 Å². The summed E-state index contributed by atoms with van der Waals surface area (Å²) in [6, 6.07) is 19.9. The van der Waals surface area contributed by atoms with Gasteiger partial charge in [-0.25, -0.2) is 28.7 Å². The summed E-state index contributed by atoms with van der Waals surface area (Å²) in [7, 11) is 0. The van der Waals surface area contributed by atoms with Crippen LogP contribution in [0.25, 0.3) is 45.8 Å². The van der Waals surface area contributed by atoms with Crippen molar-refractivity contribution in [1.82, 2.24) is 49.8 Å². The first-order chi connectivity index (χ1) is 26.8. The molecule has 8 aromatic rings. The number of anilines is 4. The van der Waals surface area contributed by atoms with E-state index in [1.54, 1.807) is 70.0 Å². The van der Waals surface area contributed by atoms with E-state index >= 15 is 0 Å². The smallest absolute Gasteiger partial charge is 0.182 e.